The summed E-state index contributed by atoms with van der Waals surface area (Å²) < 4.78 is 4.99. The van der Waals surface area contributed by atoms with E-state index in [9.17, 15) is 14.9 Å². The van der Waals surface area contributed by atoms with E-state index < -0.39 is 11.5 Å². The first kappa shape index (κ1) is 26.0. The first-order valence-corrected chi connectivity index (χ1v) is 12.2. The number of amides is 1. The van der Waals surface area contributed by atoms with Crippen LogP contribution in [-0.4, -0.2) is 36.0 Å². The lowest BCUT2D eigenvalue weighted by molar-refractivity contribution is -0.160. The van der Waals surface area contributed by atoms with Gasteiger partial charge in [-0.15, -0.1) is 0 Å². The molecule has 3 rings (SSSR count). The lowest BCUT2D eigenvalue weighted by Gasteiger charge is -2.38. The Morgan fingerprint density at radius 1 is 1.14 bits per heavy atom. The average molecular weight is 471 g/mol. The molecule has 1 atom stereocenters. The quantitative estimate of drug-likeness (QED) is 0.412. The molecule has 0 bridgehead atoms. The van der Waals surface area contributed by atoms with Gasteiger partial charge < -0.3 is 9.64 Å². The fourth-order valence-electron chi connectivity index (χ4n) is 4.39. The highest BCUT2D eigenvalue weighted by Gasteiger charge is 2.39. The SMILES string of the molecule is CCCCC(=O)N(CC1C=CC(c2cc(-c3ccccc3)ccc2C#N)=CC1)C(C)(C)C(=O)OC. The molecule has 182 valence electrons. The summed E-state index contributed by atoms with van der Waals surface area (Å²) in [4.78, 5) is 27.2. The highest BCUT2D eigenvalue weighted by Crippen LogP contribution is 2.32. The largest absolute Gasteiger partial charge is 0.467 e. The van der Waals surface area contributed by atoms with Crippen LogP contribution in [-0.2, 0) is 14.3 Å². The third kappa shape index (κ3) is 6.08. The summed E-state index contributed by atoms with van der Waals surface area (Å²) in [6.45, 7) is 5.96. The minimum Gasteiger partial charge on any atom is -0.467 e. The molecule has 1 aliphatic rings. The van der Waals surface area contributed by atoms with E-state index in [1.807, 2.05) is 43.3 Å². The van der Waals surface area contributed by atoms with Gasteiger partial charge in [0, 0.05) is 13.0 Å². The summed E-state index contributed by atoms with van der Waals surface area (Å²) in [5.41, 5.74) is 3.63. The summed E-state index contributed by atoms with van der Waals surface area (Å²) in [6.07, 6.45) is 9.05. The highest BCUT2D eigenvalue weighted by molar-refractivity contribution is 5.87. The third-order valence-corrected chi connectivity index (χ3v) is 6.57. The van der Waals surface area contributed by atoms with Gasteiger partial charge in [0.2, 0.25) is 5.91 Å². The molecule has 0 saturated heterocycles. The summed E-state index contributed by atoms with van der Waals surface area (Å²) in [6, 6.07) is 18.3. The van der Waals surface area contributed by atoms with Gasteiger partial charge in [-0.1, -0.05) is 68.0 Å². The predicted molar refractivity (Wildman–Crippen MR) is 139 cm³/mol. The minimum absolute atomic E-state index is 0.0345. The van der Waals surface area contributed by atoms with Gasteiger partial charge in [0.15, 0.2) is 0 Å². The number of nitrogens with zero attached hydrogens (tertiary/aromatic N) is 2. The third-order valence-electron chi connectivity index (χ3n) is 6.57. The van der Waals surface area contributed by atoms with Crippen LogP contribution < -0.4 is 0 Å². The standard InChI is InChI=1S/C30H34N2O3/c1-5-6-12-28(33)32(30(2,3)29(34)35-4)21-22-13-15-24(16-14-22)27-19-25(17-18-26(27)20-31)23-10-8-7-9-11-23/h7-11,13,15-19,22H,5-6,12,14,21H2,1-4H3. The van der Waals surface area contributed by atoms with Gasteiger partial charge in [0.1, 0.15) is 5.54 Å². The number of nitriles is 1. The molecular formula is C30H34N2O3. The molecule has 2 aromatic carbocycles. The maximum atomic E-state index is 13.0. The molecule has 0 radical (unpaired) electrons. The summed E-state index contributed by atoms with van der Waals surface area (Å²) in [7, 11) is 1.35. The molecule has 0 spiro atoms. The number of hydrogen-bond acceptors (Lipinski definition) is 4. The van der Waals surface area contributed by atoms with Crippen LogP contribution in [0.15, 0.2) is 66.8 Å². The smallest absolute Gasteiger partial charge is 0.331 e. The van der Waals surface area contributed by atoms with Gasteiger partial charge in [-0.3, -0.25) is 4.79 Å². The van der Waals surface area contributed by atoms with Crippen molar-refractivity contribution in [3.63, 3.8) is 0 Å². The number of methoxy groups -OCH3 is 1. The number of hydrogen-bond donors (Lipinski definition) is 0. The van der Waals surface area contributed by atoms with Crippen molar-refractivity contribution in [2.45, 2.75) is 52.0 Å². The number of allylic oxidation sites excluding steroid dienone is 3. The average Bonchev–Trinajstić information content (AvgIpc) is 2.90. The Morgan fingerprint density at radius 2 is 1.89 bits per heavy atom. The lowest BCUT2D eigenvalue weighted by Crippen LogP contribution is -2.55. The maximum Gasteiger partial charge on any atom is 0.331 e. The lowest BCUT2D eigenvalue weighted by atomic mass is 9.88. The van der Waals surface area contributed by atoms with E-state index in [0.29, 0.717) is 24.9 Å². The molecule has 35 heavy (non-hydrogen) atoms. The van der Waals surface area contributed by atoms with Gasteiger partial charge in [-0.2, -0.15) is 5.26 Å². The Morgan fingerprint density at radius 3 is 2.49 bits per heavy atom. The number of benzene rings is 2. The van der Waals surface area contributed by atoms with Crippen LogP contribution in [0.2, 0.25) is 0 Å². The number of carbonyl (C=O) groups is 2. The molecule has 1 unspecified atom stereocenters. The molecule has 5 heteroatoms. The van der Waals surface area contributed by atoms with Crippen LogP contribution >= 0.6 is 0 Å². The van der Waals surface area contributed by atoms with Crippen molar-refractivity contribution in [2.24, 2.45) is 5.92 Å². The summed E-state index contributed by atoms with van der Waals surface area (Å²) >= 11 is 0. The van der Waals surface area contributed by atoms with Crippen molar-refractivity contribution in [3.05, 3.63) is 77.9 Å². The molecular weight excluding hydrogens is 436 g/mol. The number of unbranched alkanes of at least 4 members (excludes halogenated alkanes) is 1. The monoisotopic (exact) mass is 470 g/mol. The molecule has 5 nitrogen and oxygen atoms in total. The Hall–Kier alpha value is -3.65. The zero-order valence-corrected chi connectivity index (χ0v) is 21.1. The first-order chi connectivity index (χ1) is 16.8. The van der Waals surface area contributed by atoms with Crippen molar-refractivity contribution in [3.8, 4) is 17.2 Å². The topological polar surface area (TPSA) is 70.4 Å². The molecule has 0 saturated carbocycles. The van der Waals surface area contributed by atoms with Gasteiger partial charge in [0.05, 0.1) is 18.7 Å². The van der Waals surface area contributed by atoms with Gasteiger partial charge >= 0.3 is 5.97 Å². The molecule has 0 fully saturated rings. The van der Waals surface area contributed by atoms with E-state index in [1.54, 1.807) is 18.7 Å². The fraction of sp³-hybridized carbons (Fsp3) is 0.367. The van der Waals surface area contributed by atoms with Crippen molar-refractivity contribution in [1.29, 1.82) is 5.26 Å². The van der Waals surface area contributed by atoms with Gasteiger partial charge in [0.25, 0.3) is 0 Å². The fourth-order valence-corrected chi connectivity index (χ4v) is 4.39. The van der Waals surface area contributed by atoms with Crippen LogP contribution in [0, 0.1) is 17.2 Å². The highest BCUT2D eigenvalue weighted by atomic mass is 16.5. The Balaban J connectivity index is 1.82. The summed E-state index contributed by atoms with van der Waals surface area (Å²) in [5, 5.41) is 9.69. The second-order valence-electron chi connectivity index (χ2n) is 9.41. The van der Waals surface area contributed by atoms with E-state index in [1.165, 1.54) is 7.11 Å². The second kappa shape index (κ2) is 11.7. The Labute approximate surface area is 208 Å². The number of esters is 1. The molecule has 2 aromatic rings. The molecule has 0 aliphatic heterocycles. The first-order valence-electron chi connectivity index (χ1n) is 12.2. The van der Waals surface area contributed by atoms with Crippen molar-refractivity contribution in [1.82, 2.24) is 4.90 Å². The van der Waals surface area contributed by atoms with Crippen LogP contribution in [0.25, 0.3) is 16.7 Å². The van der Waals surface area contributed by atoms with Crippen LogP contribution in [0.4, 0.5) is 0 Å². The maximum absolute atomic E-state index is 13.0. The van der Waals surface area contributed by atoms with E-state index in [4.69, 9.17) is 4.74 Å². The van der Waals surface area contributed by atoms with Gasteiger partial charge in [-0.25, -0.2) is 4.79 Å². The zero-order chi connectivity index (χ0) is 25.4. The molecule has 0 heterocycles. The predicted octanol–water partition coefficient (Wildman–Crippen LogP) is 6.16. The van der Waals surface area contributed by atoms with Gasteiger partial charge in [-0.05, 0) is 67.0 Å². The van der Waals surface area contributed by atoms with Crippen molar-refractivity contribution in [2.75, 3.05) is 13.7 Å². The van der Waals surface area contributed by atoms with Crippen molar-refractivity contribution < 1.29 is 14.3 Å². The van der Waals surface area contributed by atoms with Crippen LogP contribution in [0.1, 0.15) is 57.6 Å². The molecule has 1 amide bonds. The number of carbonyl (C=O) groups excluding carboxylic acids is 2. The van der Waals surface area contributed by atoms with E-state index in [-0.39, 0.29) is 11.8 Å². The van der Waals surface area contributed by atoms with Crippen molar-refractivity contribution >= 4 is 17.4 Å². The zero-order valence-electron chi connectivity index (χ0n) is 21.1. The van der Waals surface area contributed by atoms with E-state index in [2.05, 4.69) is 36.4 Å². The Bertz CT molecular complexity index is 1160. The Kier molecular flexibility index (Phi) is 8.65. The minimum atomic E-state index is -1.05. The molecule has 0 N–H and O–H groups in total. The second-order valence-corrected chi connectivity index (χ2v) is 9.41. The van der Waals surface area contributed by atoms with Crippen LogP contribution in [0.3, 0.4) is 0 Å². The number of ether oxygens (including phenoxy) is 1. The summed E-state index contributed by atoms with van der Waals surface area (Å²) in [5.74, 6) is -0.390. The molecule has 1 aliphatic carbocycles. The van der Waals surface area contributed by atoms with Crippen LogP contribution in [0.5, 0.6) is 0 Å². The van der Waals surface area contributed by atoms with E-state index >= 15 is 0 Å². The van der Waals surface area contributed by atoms with E-state index in [0.717, 1.165) is 35.1 Å². The molecule has 0 aromatic heterocycles. The number of rotatable bonds is 9. The normalized spacial score (nSPS) is 15.2.